The molecule has 4 nitrogen and oxygen atoms in total. The smallest absolute Gasteiger partial charge is 0.115 e. The standard InChI is InChI=1S/C11H13N3O/c1-14-10(5-6-13-14)11(12)8-3-2-4-9(15)7-8/h2-7,11,15H,12H2,1H3. The number of rotatable bonds is 2. The molecule has 1 heterocycles. The van der Waals surface area contributed by atoms with Gasteiger partial charge in [0.25, 0.3) is 0 Å². The summed E-state index contributed by atoms with van der Waals surface area (Å²) in [5, 5.41) is 13.4. The number of hydrogen-bond donors (Lipinski definition) is 2. The van der Waals surface area contributed by atoms with E-state index in [2.05, 4.69) is 5.10 Å². The van der Waals surface area contributed by atoms with Gasteiger partial charge in [-0.25, -0.2) is 0 Å². The van der Waals surface area contributed by atoms with Crippen LogP contribution < -0.4 is 5.73 Å². The SMILES string of the molecule is Cn1nccc1C(N)c1cccc(O)c1. The van der Waals surface area contributed by atoms with Gasteiger partial charge < -0.3 is 10.8 Å². The Morgan fingerprint density at radius 3 is 2.80 bits per heavy atom. The van der Waals surface area contributed by atoms with Crippen molar-refractivity contribution in [1.82, 2.24) is 9.78 Å². The van der Waals surface area contributed by atoms with E-state index in [9.17, 15) is 5.11 Å². The molecule has 1 atom stereocenters. The van der Waals surface area contributed by atoms with Gasteiger partial charge in [0, 0.05) is 13.2 Å². The quantitative estimate of drug-likeness (QED) is 0.770. The third kappa shape index (κ3) is 1.85. The fourth-order valence-electron chi connectivity index (χ4n) is 1.58. The van der Waals surface area contributed by atoms with Crippen molar-refractivity contribution in [2.45, 2.75) is 6.04 Å². The van der Waals surface area contributed by atoms with Crippen molar-refractivity contribution in [3.8, 4) is 5.75 Å². The number of aromatic hydroxyl groups is 1. The fraction of sp³-hybridized carbons (Fsp3) is 0.182. The van der Waals surface area contributed by atoms with Crippen LogP contribution in [0.3, 0.4) is 0 Å². The molecule has 0 spiro atoms. The van der Waals surface area contributed by atoms with Crippen molar-refractivity contribution in [3.63, 3.8) is 0 Å². The summed E-state index contributed by atoms with van der Waals surface area (Å²) in [7, 11) is 1.85. The Labute approximate surface area is 88.0 Å². The van der Waals surface area contributed by atoms with Crippen molar-refractivity contribution >= 4 is 0 Å². The zero-order valence-corrected chi connectivity index (χ0v) is 8.46. The summed E-state index contributed by atoms with van der Waals surface area (Å²) in [4.78, 5) is 0. The Balaban J connectivity index is 2.36. The summed E-state index contributed by atoms with van der Waals surface area (Å²) in [5.41, 5.74) is 7.85. The lowest BCUT2D eigenvalue weighted by atomic mass is 10.0. The highest BCUT2D eigenvalue weighted by Gasteiger charge is 2.12. The fourth-order valence-corrected chi connectivity index (χ4v) is 1.58. The number of benzene rings is 1. The second-order valence-electron chi connectivity index (χ2n) is 3.45. The predicted molar refractivity (Wildman–Crippen MR) is 57.3 cm³/mol. The van der Waals surface area contributed by atoms with E-state index in [1.807, 2.05) is 19.2 Å². The van der Waals surface area contributed by atoms with Gasteiger partial charge in [-0.2, -0.15) is 5.10 Å². The minimum Gasteiger partial charge on any atom is -0.508 e. The maximum Gasteiger partial charge on any atom is 0.115 e. The minimum absolute atomic E-state index is 0.227. The molecule has 0 bridgehead atoms. The highest BCUT2D eigenvalue weighted by molar-refractivity contribution is 5.33. The average Bonchev–Trinajstić information content (AvgIpc) is 2.63. The Kier molecular flexibility index (Phi) is 2.43. The van der Waals surface area contributed by atoms with Crippen LogP contribution >= 0.6 is 0 Å². The van der Waals surface area contributed by atoms with Crippen LogP contribution in [0.1, 0.15) is 17.3 Å². The van der Waals surface area contributed by atoms with Gasteiger partial charge in [-0.3, -0.25) is 4.68 Å². The molecule has 4 heteroatoms. The predicted octanol–water partition coefficient (Wildman–Crippen LogP) is 1.17. The van der Waals surface area contributed by atoms with Crippen LogP contribution in [0.5, 0.6) is 5.75 Å². The number of aryl methyl sites for hydroxylation is 1. The van der Waals surface area contributed by atoms with Crippen molar-refractivity contribution in [3.05, 3.63) is 47.8 Å². The summed E-state index contributed by atoms with van der Waals surface area (Å²) in [6.45, 7) is 0. The van der Waals surface area contributed by atoms with E-state index in [-0.39, 0.29) is 11.8 Å². The third-order valence-corrected chi connectivity index (χ3v) is 2.41. The maximum atomic E-state index is 9.35. The van der Waals surface area contributed by atoms with Gasteiger partial charge in [-0.15, -0.1) is 0 Å². The van der Waals surface area contributed by atoms with Crippen LogP contribution in [0.15, 0.2) is 36.5 Å². The van der Waals surface area contributed by atoms with Crippen LogP contribution in [-0.2, 0) is 7.05 Å². The highest BCUT2D eigenvalue weighted by atomic mass is 16.3. The number of hydrogen-bond acceptors (Lipinski definition) is 3. The molecule has 0 amide bonds. The topological polar surface area (TPSA) is 64.1 Å². The van der Waals surface area contributed by atoms with Crippen LogP contribution in [0.25, 0.3) is 0 Å². The number of nitrogens with two attached hydrogens (primary N) is 1. The van der Waals surface area contributed by atoms with E-state index in [1.165, 1.54) is 0 Å². The Morgan fingerprint density at radius 1 is 1.40 bits per heavy atom. The van der Waals surface area contributed by atoms with E-state index in [1.54, 1.807) is 29.1 Å². The molecule has 2 rings (SSSR count). The molecule has 2 aromatic rings. The zero-order valence-electron chi connectivity index (χ0n) is 8.46. The molecule has 3 N–H and O–H groups in total. The molecule has 1 aromatic heterocycles. The Hall–Kier alpha value is -1.81. The number of aromatic nitrogens is 2. The van der Waals surface area contributed by atoms with Gasteiger partial charge in [-0.05, 0) is 23.8 Å². The Morgan fingerprint density at radius 2 is 2.20 bits per heavy atom. The van der Waals surface area contributed by atoms with E-state index >= 15 is 0 Å². The summed E-state index contributed by atoms with van der Waals surface area (Å²) >= 11 is 0. The average molecular weight is 203 g/mol. The number of phenolic OH excluding ortho intramolecular Hbond substituents is 1. The first-order chi connectivity index (χ1) is 7.18. The second kappa shape index (κ2) is 3.74. The molecular formula is C11H13N3O. The van der Waals surface area contributed by atoms with Crippen molar-refractivity contribution in [1.29, 1.82) is 0 Å². The lowest BCUT2D eigenvalue weighted by molar-refractivity contribution is 0.474. The Bertz CT molecular complexity index is 464. The zero-order chi connectivity index (χ0) is 10.8. The summed E-state index contributed by atoms with van der Waals surface area (Å²) in [5.74, 6) is 0.227. The molecule has 0 radical (unpaired) electrons. The van der Waals surface area contributed by atoms with Crippen molar-refractivity contribution < 1.29 is 5.11 Å². The van der Waals surface area contributed by atoms with Crippen LogP contribution in [0.4, 0.5) is 0 Å². The van der Waals surface area contributed by atoms with Gasteiger partial charge >= 0.3 is 0 Å². The van der Waals surface area contributed by atoms with Gasteiger partial charge in [-0.1, -0.05) is 12.1 Å². The normalized spacial score (nSPS) is 12.7. The molecule has 0 aliphatic rings. The summed E-state index contributed by atoms with van der Waals surface area (Å²) in [6.07, 6.45) is 1.71. The summed E-state index contributed by atoms with van der Waals surface area (Å²) < 4.78 is 1.73. The molecule has 1 unspecified atom stereocenters. The van der Waals surface area contributed by atoms with E-state index < -0.39 is 0 Å². The highest BCUT2D eigenvalue weighted by Crippen LogP contribution is 2.21. The first-order valence-electron chi connectivity index (χ1n) is 4.71. The van der Waals surface area contributed by atoms with E-state index in [0.717, 1.165) is 11.3 Å². The van der Waals surface area contributed by atoms with Crippen LogP contribution in [0.2, 0.25) is 0 Å². The molecule has 1 aromatic carbocycles. The first-order valence-corrected chi connectivity index (χ1v) is 4.71. The monoisotopic (exact) mass is 203 g/mol. The maximum absolute atomic E-state index is 9.35. The lowest BCUT2D eigenvalue weighted by Crippen LogP contribution is -2.15. The third-order valence-electron chi connectivity index (χ3n) is 2.41. The van der Waals surface area contributed by atoms with Gasteiger partial charge in [0.2, 0.25) is 0 Å². The van der Waals surface area contributed by atoms with Gasteiger partial charge in [0.1, 0.15) is 5.75 Å². The van der Waals surface area contributed by atoms with Crippen LogP contribution in [-0.4, -0.2) is 14.9 Å². The molecule has 0 aliphatic carbocycles. The molecule has 0 saturated heterocycles. The molecule has 0 fully saturated rings. The van der Waals surface area contributed by atoms with Crippen molar-refractivity contribution in [2.24, 2.45) is 12.8 Å². The largest absolute Gasteiger partial charge is 0.508 e. The minimum atomic E-state index is -0.260. The second-order valence-corrected chi connectivity index (χ2v) is 3.45. The van der Waals surface area contributed by atoms with Crippen LogP contribution in [0, 0.1) is 0 Å². The molecule has 78 valence electrons. The van der Waals surface area contributed by atoms with Crippen molar-refractivity contribution in [2.75, 3.05) is 0 Å². The van der Waals surface area contributed by atoms with E-state index in [4.69, 9.17) is 5.73 Å². The lowest BCUT2D eigenvalue weighted by Gasteiger charge is -2.12. The summed E-state index contributed by atoms with van der Waals surface area (Å²) in [6, 6.07) is 8.56. The van der Waals surface area contributed by atoms with Gasteiger partial charge in [0.15, 0.2) is 0 Å². The molecular weight excluding hydrogens is 190 g/mol. The first kappa shape index (κ1) is 9.73. The molecule has 0 saturated carbocycles. The molecule has 15 heavy (non-hydrogen) atoms. The molecule has 0 aliphatic heterocycles. The number of nitrogens with zero attached hydrogens (tertiary/aromatic N) is 2. The van der Waals surface area contributed by atoms with E-state index in [0.29, 0.717) is 0 Å². The number of phenols is 1. The van der Waals surface area contributed by atoms with Gasteiger partial charge in [0.05, 0.1) is 11.7 Å².